The fourth-order valence-corrected chi connectivity index (χ4v) is 3.55. The van der Waals surface area contributed by atoms with Crippen molar-refractivity contribution < 1.29 is 0 Å². The fourth-order valence-electron chi connectivity index (χ4n) is 2.66. The van der Waals surface area contributed by atoms with Crippen molar-refractivity contribution in [2.45, 2.75) is 24.7 Å². The Balaban J connectivity index is 1.69. The van der Waals surface area contributed by atoms with Gasteiger partial charge in [0.2, 0.25) is 5.56 Å². The smallest absolute Gasteiger partial charge is 0.247 e. The molecular weight excluding hydrogens is 328 g/mol. The topological polar surface area (TPSA) is 36.1 Å². The van der Waals surface area contributed by atoms with Crippen LogP contribution in [-0.2, 0) is 0 Å². The summed E-state index contributed by atoms with van der Waals surface area (Å²) in [5.74, 6) is 1.67. The summed E-state index contributed by atoms with van der Waals surface area (Å²) in [6.07, 6.45) is 17.1. The molecule has 1 aromatic rings. The SMILES string of the molecule is C=C/C(C)=C\C=C\CC1C=CCN(CCSc2ccc(=O)[nH]c2)CC1. The zero-order valence-electron chi connectivity index (χ0n) is 15.0. The highest BCUT2D eigenvalue weighted by Gasteiger charge is 2.11. The Morgan fingerprint density at radius 1 is 1.48 bits per heavy atom. The average molecular weight is 357 g/mol. The second-order valence-corrected chi connectivity index (χ2v) is 7.46. The van der Waals surface area contributed by atoms with Crippen LogP contribution in [0.25, 0.3) is 0 Å². The van der Waals surface area contributed by atoms with Gasteiger partial charge in [-0.1, -0.05) is 48.6 Å². The maximum atomic E-state index is 11.1. The molecule has 0 aromatic carbocycles. The third-order valence-corrected chi connectivity index (χ3v) is 5.25. The first kappa shape index (κ1) is 19.5. The number of aromatic amines is 1. The van der Waals surface area contributed by atoms with Crippen LogP contribution in [0, 0.1) is 5.92 Å². The van der Waals surface area contributed by atoms with Crippen molar-refractivity contribution in [3.63, 3.8) is 0 Å². The second-order valence-electron chi connectivity index (χ2n) is 6.29. The Labute approximate surface area is 155 Å². The lowest BCUT2D eigenvalue weighted by Gasteiger charge is -2.19. The van der Waals surface area contributed by atoms with Crippen LogP contribution in [0.3, 0.4) is 0 Å². The molecule has 0 fully saturated rings. The normalized spacial score (nSPS) is 19.2. The van der Waals surface area contributed by atoms with Crippen LogP contribution < -0.4 is 5.56 Å². The highest BCUT2D eigenvalue weighted by Crippen LogP contribution is 2.18. The molecule has 0 aliphatic carbocycles. The molecule has 2 rings (SSSR count). The molecule has 4 heteroatoms. The molecule has 0 amide bonds. The molecule has 1 unspecified atom stereocenters. The van der Waals surface area contributed by atoms with E-state index in [2.05, 4.69) is 53.8 Å². The predicted molar refractivity (Wildman–Crippen MR) is 109 cm³/mol. The van der Waals surface area contributed by atoms with Crippen molar-refractivity contribution in [3.8, 4) is 0 Å². The zero-order valence-corrected chi connectivity index (χ0v) is 15.8. The van der Waals surface area contributed by atoms with Crippen molar-refractivity contribution in [3.05, 3.63) is 77.3 Å². The van der Waals surface area contributed by atoms with Gasteiger partial charge in [-0.3, -0.25) is 9.69 Å². The maximum absolute atomic E-state index is 11.1. The number of pyridine rings is 1. The predicted octanol–water partition coefficient (Wildman–Crippen LogP) is 4.42. The molecule has 1 N–H and O–H groups in total. The number of H-pyrrole nitrogens is 1. The highest BCUT2D eigenvalue weighted by atomic mass is 32.2. The van der Waals surface area contributed by atoms with Crippen LogP contribution in [0.1, 0.15) is 19.8 Å². The molecule has 0 radical (unpaired) electrons. The molecule has 1 aromatic heterocycles. The molecule has 0 spiro atoms. The van der Waals surface area contributed by atoms with Crippen LogP contribution in [-0.4, -0.2) is 35.3 Å². The molecule has 0 bridgehead atoms. The Bertz CT molecular complexity index is 667. The standard InChI is InChI=1S/C21H28N2OS/c1-3-18(2)7-4-5-8-19-9-6-13-23(14-12-19)15-16-25-20-10-11-21(24)22-17-20/h3-7,9-11,17,19H,1,8,12-16H2,2H3,(H,22,24)/b5-4+,18-7-. The minimum Gasteiger partial charge on any atom is -0.328 e. The van der Waals surface area contributed by atoms with Crippen LogP contribution in [0.15, 0.2) is 76.6 Å². The van der Waals surface area contributed by atoms with Gasteiger partial charge in [-0.25, -0.2) is 0 Å². The summed E-state index contributed by atoms with van der Waals surface area (Å²) in [6.45, 7) is 9.06. The molecule has 1 atom stereocenters. The van der Waals surface area contributed by atoms with Gasteiger partial charge >= 0.3 is 0 Å². The van der Waals surface area contributed by atoms with E-state index in [-0.39, 0.29) is 5.56 Å². The maximum Gasteiger partial charge on any atom is 0.247 e. The van der Waals surface area contributed by atoms with E-state index in [1.165, 1.54) is 12.0 Å². The van der Waals surface area contributed by atoms with Gasteiger partial charge in [0, 0.05) is 36.0 Å². The summed E-state index contributed by atoms with van der Waals surface area (Å²) < 4.78 is 0. The van der Waals surface area contributed by atoms with Gasteiger partial charge in [-0.15, -0.1) is 11.8 Å². The van der Waals surface area contributed by atoms with Gasteiger partial charge in [0.15, 0.2) is 0 Å². The molecular formula is C21H28N2OS. The van der Waals surface area contributed by atoms with Crippen molar-refractivity contribution in [1.82, 2.24) is 9.88 Å². The van der Waals surface area contributed by atoms with E-state index in [1.54, 1.807) is 24.0 Å². The van der Waals surface area contributed by atoms with Gasteiger partial charge in [0.25, 0.3) is 0 Å². The van der Waals surface area contributed by atoms with E-state index in [1.807, 2.05) is 12.1 Å². The molecule has 2 heterocycles. The largest absolute Gasteiger partial charge is 0.328 e. The number of allylic oxidation sites excluding steroid dienone is 6. The van der Waals surface area contributed by atoms with Gasteiger partial charge in [-0.2, -0.15) is 0 Å². The molecule has 25 heavy (non-hydrogen) atoms. The van der Waals surface area contributed by atoms with Crippen molar-refractivity contribution >= 4 is 11.8 Å². The first-order valence-electron chi connectivity index (χ1n) is 8.84. The van der Waals surface area contributed by atoms with Gasteiger partial charge < -0.3 is 4.98 Å². The third-order valence-electron chi connectivity index (χ3n) is 4.28. The zero-order chi connectivity index (χ0) is 17.9. The summed E-state index contributed by atoms with van der Waals surface area (Å²) in [7, 11) is 0. The number of rotatable bonds is 8. The van der Waals surface area contributed by atoms with E-state index >= 15 is 0 Å². The molecule has 1 aliphatic rings. The Kier molecular flexibility index (Phi) is 8.56. The quantitative estimate of drug-likeness (QED) is 0.425. The lowest BCUT2D eigenvalue weighted by molar-refractivity contribution is 0.311. The van der Waals surface area contributed by atoms with Crippen molar-refractivity contribution in [2.24, 2.45) is 5.92 Å². The number of thioether (sulfide) groups is 1. The number of aromatic nitrogens is 1. The van der Waals surface area contributed by atoms with Crippen molar-refractivity contribution in [1.29, 1.82) is 0 Å². The first-order chi connectivity index (χ1) is 12.2. The molecule has 3 nitrogen and oxygen atoms in total. The van der Waals surface area contributed by atoms with Gasteiger partial charge in [0.05, 0.1) is 0 Å². The van der Waals surface area contributed by atoms with E-state index < -0.39 is 0 Å². The number of hydrogen-bond acceptors (Lipinski definition) is 3. The Morgan fingerprint density at radius 2 is 2.36 bits per heavy atom. The first-order valence-corrected chi connectivity index (χ1v) is 9.82. The van der Waals surface area contributed by atoms with Crippen LogP contribution in [0.5, 0.6) is 0 Å². The van der Waals surface area contributed by atoms with Crippen LogP contribution in [0.2, 0.25) is 0 Å². The van der Waals surface area contributed by atoms with E-state index in [9.17, 15) is 4.79 Å². The summed E-state index contributed by atoms with van der Waals surface area (Å²) in [4.78, 5) is 17.4. The Hall–Kier alpha value is -1.78. The lowest BCUT2D eigenvalue weighted by atomic mass is 10.0. The average Bonchev–Trinajstić information content (AvgIpc) is 2.85. The van der Waals surface area contributed by atoms with E-state index in [4.69, 9.17) is 0 Å². The molecule has 0 saturated carbocycles. The molecule has 0 saturated heterocycles. The fraction of sp³-hybridized carbons (Fsp3) is 0.381. The second kappa shape index (κ2) is 11.0. The summed E-state index contributed by atoms with van der Waals surface area (Å²) >= 11 is 1.79. The highest BCUT2D eigenvalue weighted by molar-refractivity contribution is 7.99. The number of hydrogen-bond donors (Lipinski definition) is 1. The minimum atomic E-state index is -0.0442. The summed E-state index contributed by atoms with van der Waals surface area (Å²) in [5, 5.41) is 0. The third kappa shape index (κ3) is 7.76. The van der Waals surface area contributed by atoms with Crippen LogP contribution in [0.4, 0.5) is 0 Å². The molecule has 134 valence electrons. The molecule has 1 aliphatic heterocycles. The van der Waals surface area contributed by atoms with Gasteiger partial charge in [0.1, 0.15) is 0 Å². The monoisotopic (exact) mass is 356 g/mol. The Morgan fingerprint density at radius 3 is 3.12 bits per heavy atom. The number of nitrogens with zero attached hydrogens (tertiary/aromatic N) is 1. The van der Waals surface area contributed by atoms with Crippen molar-refractivity contribution in [2.75, 3.05) is 25.4 Å². The van der Waals surface area contributed by atoms with Gasteiger partial charge in [-0.05, 0) is 38.3 Å². The lowest BCUT2D eigenvalue weighted by Crippen LogP contribution is -2.27. The summed E-state index contributed by atoms with van der Waals surface area (Å²) in [6, 6.07) is 3.47. The minimum absolute atomic E-state index is 0.0442. The van der Waals surface area contributed by atoms with E-state index in [0.29, 0.717) is 5.92 Å². The summed E-state index contributed by atoms with van der Waals surface area (Å²) in [5.41, 5.74) is 1.15. The number of nitrogens with one attached hydrogen (secondary N) is 1. The van der Waals surface area contributed by atoms with Crippen LogP contribution >= 0.6 is 11.8 Å². The van der Waals surface area contributed by atoms with E-state index in [0.717, 1.165) is 36.7 Å².